The van der Waals surface area contributed by atoms with Crippen molar-refractivity contribution in [1.82, 2.24) is 9.88 Å². The number of nitrogens with zero attached hydrogens (tertiary/aromatic N) is 2. The Morgan fingerprint density at radius 1 is 1.08 bits per heavy atom. The molecule has 0 atom stereocenters. The number of hydrogen-bond acceptors (Lipinski definition) is 3. The first kappa shape index (κ1) is 17.5. The smallest absolute Gasteiger partial charge is 0.351 e. The van der Waals surface area contributed by atoms with Crippen LogP contribution in [0.4, 0.5) is 23.7 Å². The van der Waals surface area contributed by atoms with E-state index in [-0.39, 0.29) is 11.3 Å². The normalized spacial score (nSPS) is 17.0. The molecule has 0 radical (unpaired) electrons. The van der Waals surface area contributed by atoms with Crippen molar-refractivity contribution in [3.63, 3.8) is 0 Å². The van der Waals surface area contributed by atoms with Crippen molar-refractivity contribution in [3.8, 4) is 0 Å². The maximum Gasteiger partial charge on any atom is 0.416 e. The van der Waals surface area contributed by atoms with E-state index in [1.807, 2.05) is 5.32 Å². The number of carbonyl (C=O) groups excluding carboxylic acids is 3. The van der Waals surface area contributed by atoms with Crippen molar-refractivity contribution in [2.45, 2.75) is 6.18 Å². The van der Waals surface area contributed by atoms with E-state index in [1.54, 1.807) is 29.9 Å². The van der Waals surface area contributed by atoms with E-state index in [0.29, 0.717) is 16.7 Å². The molecule has 0 unspecified atom stereocenters. The van der Waals surface area contributed by atoms with Crippen LogP contribution in [0.3, 0.4) is 0 Å². The summed E-state index contributed by atoms with van der Waals surface area (Å²) in [6, 6.07) is 5.97. The van der Waals surface area contributed by atoms with Crippen molar-refractivity contribution in [2.75, 3.05) is 4.90 Å². The number of anilines is 1. The molecule has 1 aliphatic heterocycles. The van der Waals surface area contributed by atoms with Gasteiger partial charge in [0.15, 0.2) is 0 Å². The summed E-state index contributed by atoms with van der Waals surface area (Å²) in [5, 5.41) is 1.97. The van der Waals surface area contributed by atoms with Crippen LogP contribution in [0.2, 0.25) is 0 Å². The first-order valence-electron chi connectivity index (χ1n) is 7.38. The summed E-state index contributed by atoms with van der Waals surface area (Å²) in [5.74, 6) is -1.91. The topological polar surface area (TPSA) is 71.4 Å². The number of benzene rings is 1. The van der Waals surface area contributed by atoms with Gasteiger partial charge in [-0.3, -0.25) is 14.9 Å². The Kier molecular flexibility index (Phi) is 4.15. The fourth-order valence-electron chi connectivity index (χ4n) is 2.49. The summed E-state index contributed by atoms with van der Waals surface area (Å²) in [6.07, 6.45) is -1.68. The molecule has 4 amide bonds. The molecule has 3 rings (SSSR count). The number of aryl methyl sites for hydroxylation is 1. The van der Waals surface area contributed by atoms with Crippen molar-refractivity contribution in [1.29, 1.82) is 0 Å². The Balaban J connectivity index is 2.04. The SMILES string of the molecule is Cn1cccc1/C=C1/C(=O)NC(=O)N(c2cccc(C(F)(F)F)c2)C1=O. The highest BCUT2D eigenvalue weighted by Crippen LogP contribution is 2.32. The predicted octanol–water partition coefficient (Wildman–Crippen LogP) is 2.71. The maximum atomic E-state index is 12.9. The van der Waals surface area contributed by atoms with Gasteiger partial charge in [-0.2, -0.15) is 13.2 Å². The Morgan fingerprint density at radius 3 is 2.42 bits per heavy atom. The van der Waals surface area contributed by atoms with E-state index in [4.69, 9.17) is 0 Å². The van der Waals surface area contributed by atoms with E-state index in [0.717, 1.165) is 12.1 Å². The molecular weight excluding hydrogens is 351 g/mol. The average molecular weight is 363 g/mol. The standard InChI is InChI=1S/C17H12F3N3O3/c1-22-7-3-6-11(22)9-13-14(24)21-16(26)23(15(13)25)12-5-2-4-10(8-12)17(18,19)20/h2-9H,1H3,(H,21,24,26)/b13-9-. The molecule has 9 heteroatoms. The lowest BCUT2D eigenvalue weighted by Gasteiger charge is -2.26. The van der Waals surface area contributed by atoms with Gasteiger partial charge >= 0.3 is 12.2 Å². The fraction of sp³-hybridized carbons (Fsp3) is 0.118. The molecule has 1 aliphatic rings. The molecule has 0 bridgehead atoms. The molecule has 0 spiro atoms. The first-order chi connectivity index (χ1) is 12.2. The van der Waals surface area contributed by atoms with Crippen LogP contribution in [0, 0.1) is 0 Å². The molecule has 1 aromatic heterocycles. The Labute approximate surface area is 145 Å². The van der Waals surface area contributed by atoms with E-state index >= 15 is 0 Å². The van der Waals surface area contributed by atoms with Gasteiger partial charge in [0.2, 0.25) is 0 Å². The quantitative estimate of drug-likeness (QED) is 0.659. The first-order valence-corrected chi connectivity index (χ1v) is 7.38. The molecule has 2 heterocycles. The minimum atomic E-state index is -4.64. The van der Waals surface area contributed by atoms with Crippen LogP contribution in [0.1, 0.15) is 11.3 Å². The number of carbonyl (C=O) groups is 3. The monoisotopic (exact) mass is 363 g/mol. The van der Waals surface area contributed by atoms with Gasteiger partial charge in [0, 0.05) is 18.9 Å². The summed E-state index contributed by atoms with van der Waals surface area (Å²) in [6.45, 7) is 0. The Morgan fingerprint density at radius 2 is 1.81 bits per heavy atom. The van der Waals surface area contributed by atoms with Crippen LogP contribution in [0.5, 0.6) is 0 Å². The Hall–Kier alpha value is -3.36. The van der Waals surface area contributed by atoms with Crippen molar-refractivity contribution in [3.05, 3.63) is 59.4 Å². The molecule has 1 N–H and O–H groups in total. The van der Waals surface area contributed by atoms with Gasteiger partial charge in [0.1, 0.15) is 5.57 Å². The number of nitrogens with one attached hydrogen (secondary N) is 1. The number of aromatic nitrogens is 1. The van der Waals surface area contributed by atoms with Crippen LogP contribution >= 0.6 is 0 Å². The van der Waals surface area contributed by atoms with Crippen molar-refractivity contribution in [2.24, 2.45) is 7.05 Å². The van der Waals surface area contributed by atoms with Gasteiger partial charge in [0.05, 0.1) is 11.3 Å². The lowest BCUT2D eigenvalue weighted by atomic mass is 10.1. The van der Waals surface area contributed by atoms with Gasteiger partial charge < -0.3 is 4.57 Å². The van der Waals surface area contributed by atoms with Gasteiger partial charge in [0.25, 0.3) is 11.8 Å². The number of urea groups is 1. The van der Waals surface area contributed by atoms with Crippen molar-refractivity contribution < 1.29 is 27.6 Å². The van der Waals surface area contributed by atoms with Gasteiger partial charge in [-0.25, -0.2) is 9.69 Å². The number of amides is 4. The molecule has 1 saturated heterocycles. The molecule has 0 aliphatic carbocycles. The zero-order chi connectivity index (χ0) is 19.1. The molecule has 26 heavy (non-hydrogen) atoms. The van der Waals surface area contributed by atoms with E-state index < -0.39 is 29.6 Å². The number of alkyl halides is 3. The number of barbiturate groups is 1. The van der Waals surface area contributed by atoms with Crippen LogP contribution < -0.4 is 10.2 Å². The van der Waals surface area contributed by atoms with Crippen LogP contribution in [-0.4, -0.2) is 22.4 Å². The third-order valence-corrected chi connectivity index (χ3v) is 3.81. The molecule has 1 aromatic carbocycles. The maximum absolute atomic E-state index is 12.9. The second kappa shape index (κ2) is 6.17. The molecule has 1 fully saturated rings. The number of imide groups is 2. The third-order valence-electron chi connectivity index (χ3n) is 3.81. The van der Waals surface area contributed by atoms with Crippen molar-refractivity contribution >= 4 is 29.6 Å². The highest BCUT2D eigenvalue weighted by atomic mass is 19.4. The number of halogens is 3. The largest absolute Gasteiger partial charge is 0.416 e. The highest BCUT2D eigenvalue weighted by molar-refractivity contribution is 6.39. The van der Waals surface area contributed by atoms with Gasteiger partial charge in [-0.1, -0.05) is 6.07 Å². The molecular formula is C17H12F3N3O3. The lowest BCUT2D eigenvalue weighted by Crippen LogP contribution is -2.54. The van der Waals surface area contributed by atoms with E-state index in [2.05, 4.69) is 0 Å². The molecule has 134 valence electrons. The second-order valence-electron chi connectivity index (χ2n) is 5.55. The number of rotatable bonds is 2. The van der Waals surface area contributed by atoms with Crippen LogP contribution in [0.15, 0.2) is 48.2 Å². The number of hydrogen-bond donors (Lipinski definition) is 1. The Bertz CT molecular complexity index is 944. The second-order valence-corrected chi connectivity index (χ2v) is 5.55. The summed E-state index contributed by atoms with van der Waals surface area (Å²) >= 11 is 0. The summed E-state index contributed by atoms with van der Waals surface area (Å²) in [5.41, 5.74) is -1.14. The van der Waals surface area contributed by atoms with E-state index in [9.17, 15) is 27.6 Å². The average Bonchev–Trinajstić information content (AvgIpc) is 2.96. The molecule has 2 aromatic rings. The minimum absolute atomic E-state index is 0.285. The van der Waals surface area contributed by atoms with E-state index in [1.165, 1.54) is 12.1 Å². The molecule has 0 saturated carbocycles. The van der Waals surface area contributed by atoms with Gasteiger partial charge in [-0.15, -0.1) is 0 Å². The van der Waals surface area contributed by atoms with Gasteiger partial charge in [-0.05, 0) is 36.4 Å². The zero-order valence-corrected chi connectivity index (χ0v) is 13.4. The predicted molar refractivity (Wildman–Crippen MR) is 85.9 cm³/mol. The summed E-state index contributed by atoms with van der Waals surface area (Å²) in [7, 11) is 1.69. The fourth-order valence-corrected chi connectivity index (χ4v) is 2.49. The van der Waals surface area contributed by atoms with Crippen LogP contribution in [-0.2, 0) is 22.8 Å². The zero-order valence-electron chi connectivity index (χ0n) is 13.4. The molecule has 6 nitrogen and oxygen atoms in total. The minimum Gasteiger partial charge on any atom is -0.351 e. The third kappa shape index (κ3) is 3.10. The van der Waals surface area contributed by atoms with Crippen LogP contribution in [0.25, 0.3) is 6.08 Å². The lowest BCUT2D eigenvalue weighted by molar-refractivity contribution is -0.137. The highest BCUT2D eigenvalue weighted by Gasteiger charge is 2.38. The summed E-state index contributed by atoms with van der Waals surface area (Å²) in [4.78, 5) is 37.2. The summed E-state index contributed by atoms with van der Waals surface area (Å²) < 4.78 is 40.3.